The summed E-state index contributed by atoms with van der Waals surface area (Å²) >= 11 is 0. The Morgan fingerprint density at radius 3 is 1.17 bits per heavy atom. The van der Waals surface area contributed by atoms with Gasteiger partial charge in [-0.3, -0.25) is 9.80 Å². The van der Waals surface area contributed by atoms with Crippen molar-refractivity contribution in [1.29, 1.82) is 0 Å². The predicted molar refractivity (Wildman–Crippen MR) is 102 cm³/mol. The summed E-state index contributed by atoms with van der Waals surface area (Å²) in [5, 5.41) is 0. The molecule has 0 atom stereocenters. The minimum absolute atomic E-state index is 0.367. The molecule has 2 saturated heterocycles. The fraction of sp³-hybridized carbons (Fsp3) is 1.00. The molecule has 0 N–H and O–H groups in total. The summed E-state index contributed by atoms with van der Waals surface area (Å²) < 4.78 is 0. The minimum atomic E-state index is 0.367. The van der Waals surface area contributed by atoms with Crippen LogP contribution in [0.25, 0.3) is 0 Å². The van der Waals surface area contributed by atoms with E-state index in [1.807, 2.05) is 0 Å². The van der Waals surface area contributed by atoms with Crippen molar-refractivity contribution in [2.24, 2.45) is 11.8 Å². The normalized spacial score (nSPS) is 24.3. The van der Waals surface area contributed by atoms with Crippen LogP contribution in [0.1, 0.15) is 86.5 Å². The van der Waals surface area contributed by atoms with E-state index in [-0.39, 0.29) is 0 Å². The molecule has 2 heteroatoms. The van der Waals surface area contributed by atoms with Gasteiger partial charge in [0.15, 0.2) is 0 Å². The van der Waals surface area contributed by atoms with Crippen molar-refractivity contribution in [3.63, 3.8) is 0 Å². The molecule has 0 spiro atoms. The molecule has 0 aromatic heterocycles. The van der Waals surface area contributed by atoms with Crippen molar-refractivity contribution in [1.82, 2.24) is 9.80 Å². The van der Waals surface area contributed by atoms with Crippen molar-refractivity contribution in [3.8, 4) is 0 Å². The first-order valence-electron chi connectivity index (χ1n) is 10.2. The van der Waals surface area contributed by atoms with Gasteiger partial charge in [-0.2, -0.15) is 0 Å². The molecule has 0 aromatic carbocycles. The van der Waals surface area contributed by atoms with Gasteiger partial charge in [-0.05, 0) is 105 Å². The van der Waals surface area contributed by atoms with E-state index in [1.165, 1.54) is 71.1 Å². The lowest BCUT2D eigenvalue weighted by atomic mass is 9.85. The molecule has 0 bridgehead atoms. The second kappa shape index (κ2) is 7.87. The van der Waals surface area contributed by atoms with Gasteiger partial charge in [-0.1, -0.05) is 19.3 Å². The predicted octanol–water partition coefficient (Wildman–Crippen LogP) is 5.18. The molecular weight excluding hydrogens is 280 g/mol. The van der Waals surface area contributed by atoms with Crippen molar-refractivity contribution in [2.45, 2.75) is 97.6 Å². The molecule has 0 amide bonds. The maximum atomic E-state index is 2.67. The molecule has 2 rings (SSSR count). The number of nitrogens with zero attached hydrogens (tertiary/aromatic N) is 2. The van der Waals surface area contributed by atoms with Crippen molar-refractivity contribution in [2.75, 3.05) is 26.2 Å². The first-order chi connectivity index (χ1) is 10.7. The summed E-state index contributed by atoms with van der Waals surface area (Å²) in [6, 6.07) is 0. The van der Waals surface area contributed by atoms with Gasteiger partial charge in [-0.25, -0.2) is 0 Å². The molecule has 2 aliphatic heterocycles. The quantitative estimate of drug-likeness (QED) is 0.704. The molecule has 0 saturated carbocycles. The fourth-order valence-electron chi connectivity index (χ4n) is 4.48. The smallest absolute Gasteiger partial charge is 0.0125 e. The number of rotatable bonds is 4. The highest BCUT2D eigenvalue weighted by atomic mass is 15.2. The van der Waals surface area contributed by atoms with E-state index in [9.17, 15) is 0 Å². The molecule has 2 aliphatic rings. The Hall–Kier alpha value is -0.0800. The van der Waals surface area contributed by atoms with Gasteiger partial charge in [0.25, 0.3) is 0 Å². The molecule has 0 radical (unpaired) electrons. The summed E-state index contributed by atoms with van der Waals surface area (Å²) in [7, 11) is 0. The molecule has 136 valence electrons. The highest BCUT2D eigenvalue weighted by Gasteiger charge is 2.28. The zero-order valence-corrected chi connectivity index (χ0v) is 16.8. The van der Waals surface area contributed by atoms with E-state index in [2.05, 4.69) is 51.3 Å². The van der Waals surface area contributed by atoms with Crippen LogP contribution in [0.4, 0.5) is 0 Å². The van der Waals surface area contributed by atoms with Crippen molar-refractivity contribution in [3.05, 3.63) is 0 Å². The van der Waals surface area contributed by atoms with Crippen LogP contribution in [0.3, 0.4) is 0 Å². The van der Waals surface area contributed by atoms with Gasteiger partial charge in [0.05, 0.1) is 0 Å². The van der Waals surface area contributed by atoms with Crippen LogP contribution in [0.15, 0.2) is 0 Å². The summed E-state index contributed by atoms with van der Waals surface area (Å²) in [5.41, 5.74) is 0.734. The van der Waals surface area contributed by atoms with Gasteiger partial charge in [0.1, 0.15) is 0 Å². The standard InChI is InChI=1S/C21H42N2/c1-20(2,3)22-14-10-18(11-15-22)8-7-9-19-12-16-23(17-13-19)21(4,5)6/h18-19H,7-17H2,1-6H3. The van der Waals surface area contributed by atoms with E-state index in [4.69, 9.17) is 0 Å². The Morgan fingerprint density at radius 1 is 0.609 bits per heavy atom. The second-order valence-electron chi connectivity index (χ2n) is 10.1. The Labute approximate surface area is 146 Å². The first-order valence-corrected chi connectivity index (χ1v) is 10.2. The van der Waals surface area contributed by atoms with E-state index < -0.39 is 0 Å². The van der Waals surface area contributed by atoms with Crippen LogP contribution in [0, 0.1) is 11.8 Å². The number of hydrogen-bond donors (Lipinski definition) is 0. The van der Waals surface area contributed by atoms with Crippen LogP contribution in [-0.4, -0.2) is 47.1 Å². The average molecular weight is 323 g/mol. The largest absolute Gasteiger partial charge is 0.298 e. The Morgan fingerprint density at radius 2 is 0.913 bits per heavy atom. The van der Waals surface area contributed by atoms with Gasteiger partial charge >= 0.3 is 0 Å². The van der Waals surface area contributed by atoms with Crippen molar-refractivity contribution >= 4 is 0 Å². The van der Waals surface area contributed by atoms with E-state index >= 15 is 0 Å². The SMILES string of the molecule is CC(C)(C)N1CCC(CCCC2CCN(C(C)(C)C)CC2)CC1. The Bertz CT molecular complexity index is 300. The molecule has 2 fully saturated rings. The third-order valence-electron chi connectivity index (χ3n) is 6.35. The Kier molecular flexibility index (Phi) is 6.58. The van der Waals surface area contributed by atoms with E-state index in [1.54, 1.807) is 0 Å². The van der Waals surface area contributed by atoms with Crippen LogP contribution >= 0.6 is 0 Å². The second-order valence-corrected chi connectivity index (χ2v) is 10.1. The molecule has 2 heterocycles. The summed E-state index contributed by atoms with van der Waals surface area (Å²) in [6.07, 6.45) is 10.2. The zero-order chi connectivity index (χ0) is 17.1. The molecular formula is C21H42N2. The van der Waals surface area contributed by atoms with Gasteiger partial charge in [0.2, 0.25) is 0 Å². The lowest BCUT2D eigenvalue weighted by Crippen LogP contribution is -2.46. The third-order valence-corrected chi connectivity index (χ3v) is 6.35. The summed E-state index contributed by atoms with van der Waals surface area (Å²) in [5.74, 6) is 2.01. The fourth-order valence-corrected chi connectivity index (χ4v) is 4.48. The molecule has 0 aromatic rings. The van der Waals surface area contributed by atoms with Crippen LogP contribution in [0.2, 0.25) is 0 Å². The maximum absolute atomic E-state index is 2.67. The van der Waals surface area contributed by atoms with Gasteiger partial charge in [0, 0.05) is 11.1 Å². The highest BCUT2D eigenvalue weighted by Crippen LogP contribution is 2.30. The minimum Gasteiger partial charge on any atom is -0.298 e. The van der Waals surface area contributed by atoms with Gasteiger partial charge in [-0.15, -0.1) is 0 Å². The number of likely N-dealkylation sites (tertiary alicyclic amines) is 2. The molecule has 23 heavy (non-hydrogen) atoms. The summed E-state index contributed by atoms with van der Waals surface area (Å²) in [4.78, 5) is 5.34. The Balaban J connectivity index is 1.59. The van der Waals surface area contributed by atoms with Crippen LogP contribution < -0.4 is 0 Å². The molecule has 0 unspecified atom stereocenters. The monoisotopic (exact) mass is 322 g/mol. The zero-order valence-electron chi connectivity index (χ0n) is 16.8. The number of hydrogen-bond acceptors (Lipinski definition) is 2. The highest BCUT2D eigenvalue weighted by molar-refractivity contribution is 4.83. The van der Waals surface area contributed by atoms with E-state index in [0.717, 1.165) is 11.8 Å². The third kappa shape index (κ3) is 6.05. The average Bonchev–Trinajstić information content (AvgIpc) is 2.46. The summed E-state index contributed by atoms with van der Waals surface area (Å²) in [6.45, 7) is 19.4. The lowest BCUT2D eigenvalue weighted by molar-refractivity contribution is 0.0778. The first kappa shape index (κ1) is 19.2. The topological polar surface area (TPSA) is 6.48 Å². The van der Waals surface area contributed by atoms with E-state index in [0.29, 0.717) is 11.1 Å². The van der Waals surface area contributed by atoms with Crippen LogP contribution in [0.5, 0.6) is 0 Å². The molecule has 0 aliphatic carbocycles. The number of piperidine rings is 2. The van der Waals surface area contributed by atoms with Crippen LogP contribution in [-0.2, 0) is 0 Å². The lowest BCUT2D eigenvalue weighted by Gasteiger charge is -2.41. The molecule has 2 nitrogen and oxygen atoms in total. The van der Waals surface area contributed by atoms with Crippen molar-refractivity contribution < 1.29 is 0 Å². The van der Waals surface area contributed by atoms with Gasteiger partial charge < -0.3 is 0 Å². The maximum Gasteiger partial charge on any atom is 0.0125 e.